The first-order valence-corrected chi connectivity index (χ1v) is 6.72. The quantitative estimate of drug-likeness (QED) is 0.778. The van der Waals surface area contributed by atoms with E-state index in [2.05, 4.69) is 20.5 Å². The van der Waals surface area contributed by atoms with Crippen LogP contribution in [0.1, 0.15) is 24.6 Å². The lowest BCUT2D eigenvalue weighted by Crippen LogP contribution is -2.31. The fraction of sp³-hybridized carbons (Fsp3) is 0.286. The molecule has 1 N–H and O–H groups in total. The SMILES string of the molecule is Cc1nccn1[C@@H](C)C(=O)NCc1nnc2ccccn12. The lowest BCUT2D eigenvalue weighted by molar-refractivity contribution is -0.124. The Labute approximate surface area is 121 Å². The van der Waals surface area contributed by atoms with Gasteiger partial charge in [-0.15, -0.1) is 10.2 Å². The molecular formula is C14H16N6O. The number of carbonyl (C=O) groups excluding carboxylic acids is 1. The van der Waals surface area contributed by atoms with Crippen LogP contribution < -0.4 is 5.32 Å². The van der Waals surface area contributed by atoms with Crippen LogP contribution in [0.15, 0.2) is 36.8 Å². The van der Waals surface area contributed by atoms with Gasteiger partial charge in [-0.1, -0.05) is 6.07 Å². The molecule has 7 nitrogen and oxygen atoms in total. The molecule has 0 unspecified atom stereocenters. The van der Waals surface area contributed by atoms with E-state index in [1.807, 2.05) is 47.2 Å². The highest BCUT2D eigenvalue weighted by Gasteiger charge is 2.16. The van der Waals surface area contributed by atoms with Crippen molar-refractivity contribution in [2.75, 3.05) is 0 Å². The molecule has 0 aliphatic heterocycles. The molecule has 3 aromatic rings. The Morgan fingerprint density at radius 2 is 2.19 bits per heavy atom. The van der Waals surface area contributed by atoms with Gasteiger partial charge in [0, 0.05) is 18.6 Å². The van der Waals surface area contributed by atoms with Crippen molar-refractivity contribution in [3.63, 3.8) is 0 Å². The number of nitrogens with one attached hydrogen (secondary N) is 1. The third-order valence-corrected chi connectivity index (χ3v) is 3.46. The average molecular weight is 284 g/mol. The minimum absolute atomic E-state index is 0.0798. The number of rotatable bonds is 4. The molecule has 3 heterocycles. The summed E-state index contributed by atoms with van der Waals surface area (Å²) in [5, 5.41) is 11.0. The van der Waals surface area contributed by atoms with Gasteiger partial charge in [-0.25, -0.2) is 4.98 Å². The fourth-order valence-corrected chi connectivity index (χ4v) is 2.25. The van der Waals surface area contributed by atoms with Crippen molar-refractivity contribution < 1.29 is 4.79 Å². The van der Waals surface area contributed by atoms with E-state index in [4.69, 9.17) is 0 Å². The summed E-state index contributed by atoms with van der Waals surface area (Å²) in [7, 11) is 0. The van der Waals surface area contributed by atoms with Crippen LogP contribution in [0, 0.1) is 6.92 Å². The highest BCUT2D eigenvalue weighted by atomic mass is 16.2. The van der Waals surface area contributed by atoms with E-state index in [9.17, 15) is 4.79 Å². The average Bonchev–Trinajstić information content (AvgIpc) is 3.10. The molecule has 21 heavy (non-hydrogen) atoms. The maximum absolute atomic E-state index is 12.2. The summed E-state index contributed by atoms with van der Waals surface area (Å²) in [4.78, 5) is 16.3. The molecule has 0 saturated carbocycles. The highest BCUT2D eigenvalue weighted by molar-refractivity contribution is 5.79. The van der Waals surface area contributed by atoms with Crippen molar-refractivity contribution in [1.29, 1.82) is 0 Å². The van der Waals surface area contributed by atoms with Crippen molar-refractivity contribution in [3.05, 3.63) is 48.4 Å². The molecule has 0 bridgehead atoms. The van der Waals surface area contributed by atoms with E-state index < -0.39 is 0 Å². The molecule has 3 rings (SSSR count). The van der Waals surface area contributed by atoms with Crippen LogP contribution in [0.4, 0.5) is 0 Å². The van der Waals surface area contributed by atoms with Crippen LogP contribution in [0.5, 0.6) is 0 Å². The summed E-state index contributed by atoms with van der Waals surface area (Å²) < 4.78 is 3.69. The number of aromatic nitrogens is 5. The zero-order chi connectivity index (χ0) is 14.8. The minimum Gasteiger partial charge on any atom is -0.347 e. The normalized spacial score (nSPS) is 12.5. The lowest BCUT2D eigenvalue weighted by Gasteiger charge is -2.14. The largest absolute Gasteiger partial charge is 0.347 e. The van der Waals surface area contributed by atoms with Crippen LogP contribution in [-0.2, 0) is 11.3 Å². The molecular weight excluding hydrogens is 268 g/mol. The summed E-state index contributed by atoms with van der Waals surface area (Å²) in [6.45, 7) is 4.05. The van der Waals surface area contributed by atoms with E-state index in [-0.39, 0.29) is 11.9 Å². The topological polar surface area (TPSA) is 77.1 Å². The Balaban J connectivity index is 1.70. The number of hydrogen-bond acceptors (Lipinski definition) is 4. The fourth-order valence-electron chi connectivity index (χ4n) is 2.25. The molecule has 0 radical (unpaired) electrons. The van der Waals surface area contributed by atoms with Gasteiger partial charge >= 0.3 is 0 Å². The molecule has 108 valence electrons. The van der Waals surface area contributed by atoms with Gasteiger partial charge in [0.25, 0.3) is 0 Å². The molecule has 0 aliphatic carbocycles. The highest BCUT2D eigenvalue weighted by Crippen LogP contribution is 2.09. The number of carbonyl (C=O) groups is 1. The van der Waals surface area contributed by atoms with Gasteiger partial charge in [-0.3, -0.25) is 9.20 Å². The number of amides is 1. The van der Waals surface area contributed by atoms with Gasteiger partial charge < -0.3 is 9.88 Å². The smallest absolute Gasteiger partial charge is 0.243 e. The Morgan fingerprint density at radius 3 is 2.95 bits per heavy atom. The zero-order valence-corrected chi connectivity index (χ0v) is 11.9. The zero-order valence-electron chi connectivity index (χ0n) is 11.9. The van der Waals surface area contributed by atoms with Crippen LogP contribution in [0.25, 0.3) is 5.65 Å². The van der Waals surface area contributed by atoms with Crippen LogP contribution in [-0.4, -0.2) is 30.1 Å². The number of nitrogens with zero attached hydrogens (tertiary/aromatic N) is 5. The summed E-state index contributed by atoms with van der Waals surface area (Å²) in [5.74, 6) is 1.43. The monoisotopic (exact) mass is 284 g/mol. The van der Waals surface area contributed by atoms with Crippen LogP contribution in [0.3, 0.4) is 0 Å². The maximum atomic E-state index is 12.2. The Hall–Kier alpha value is -2.70. The number of hydrogen-bond donors (Lipinski definition) is 1. The van der Waals surface area contributed by atoms with Crippen LogP contribution >= 0.6 is 0 Å². The van der Waals surface area contributed by atoms with Crippen molar-refractivity contribution >= 4 is 11.6 Å². The van der Waals surface area contributed by atoms with Crippen molar-refractivity contribution in [2.45, 2.75) is 26.4 Å². The number of aryl methyl sites for hydroxylation is 1. The Bertz CT molecular complexity index is 774. The van der Waals surface area contributed by atoms with Crippen molar-refractivity contribution in [3.8, 4) is 0 Å². The molecule has 3 aromatic heterocycles. The summed E-state index contributed by atoms with van der Waals surface area (Å²) in [6, 6.07) is 5.36. The first kappa shape index (κ1) is 13.3. The van der Waals surface area contributed by atoms with E-state index >= 15 is 0 Å². The second kappa shape index (κ2) is 5.35. The standard InChI is InChI=1S/C14H16N6O/c1-10(19-8-6-15-11(19)2)14(21)16-9-13-18-17-12-5-3-4-7-20(12)13/h3-8,10H,9H2,1-2H3,(H,16,21)/t10-/m0/s1. The third-order valence-electron chi connectivity index (χ3n) is 3.46. The van der Waals surface area contributed by atoms with Crippen LogP contribution in [0.2, 0.25) is 0 Å². The lowest BCUT2D eigenvalue weighted by atomic mass is 10.3. The molecule has 0 aliphatic rings. The summed E-state index contributed by atoms with van der Waals surface area (Å²) >= 11 is 0. The Kier molecular flexibility index (Phi) is 3.39. The second-order valence-corrected chi connectivity index (χ2v) is 4.82. The third kappa shape index (κ3) is 2.49. The van der Waals surface area contributed by atoms with Gasteiger partial charge in [0.15, 0.2) is 11.5 Å². The van der Waals surface area contributed by atoms with E-state index in [0.29, 0.717) is 12.4 Å². The number of pyridine rings is 1. The predicted molar refractivity (Wildman–Crippen MR) is 76.5 cm³/mol. The Morgan fingerprint density at radius 1 is 1.33 bits per heavy atom. The maximum Gasteiger partial charge on any atom is 0.243 e. The van der Waals surface area contributed by atoms with Gasteiger partial charge in [0.2, 0.25) is 5.91 Å². The van der Waals surface area contributed by atoms with Gasteiger partial charge in [-0.05, 0) is 26.0 Å². The van der Waals surface area contributed by atoms with Gasteiger partial charge in [-0.2, -0.15) is 0 Å². The molecule has 0 saturated heterocycles. The number of imidazole rings is 1. The van der Waals surface area contributed by atoms with E-state index in [1.54, 1.807) is 12.4 Å². The predicted octanol–water partition coefficient (Wildman–Crippen LogP) is 1.11. The molecule has 7 heteroatoms. The second-order valence-electron chi connectivity index (χ2n) is 4.82. The van der Waals surface area contributed by atoms with Gasteiger partial charge in [0.05, 0.1) is 6.54 Å². The molecule has 0 fully saturated rings. The minimum atomic E-state index is -0.313. The van der Waals surface area contributed by atoms with E-state index in [1.165, 1.54) is 0 Å². The summed E-state index contributed by atoms with van der Waals surface area (Å²) in [6.07, 6.45) is 5.36. The molecule has 1 amide bonds. The molecule has 1 atom stereocenters. The van der Waals surface area contributed by atoms with Crippen molar-refractivity contribution in [2.24, 2.45) is 0 Å². The number of fused-ring (bicyclic) bond motifs is 1. The molecule has 0 spiro atoms. The van der Waals surface area contributed by atoms with Crippen molar-refractivity contribution in [1.82, 2.24) is 29.5 Å². The van der Waals surface area contributed by atoms with Gasteiger partial charge in [0.1, 0.15) is 11.9 Å². The molecule has 0 aromatic carbocycles. The first-order valence-electron chi connectivity index (χ1n) is 6.72. The summed E-state index contributed by atoms with van der Waals surface area (Å²) in [5.41, 5.74) is 0.764. The van der Waals surface area contributed by atoms with E-state index in [0.717, 1.165) is 11.5 Å². The first-order chi connectivity index (χ1) is 10.2.